The van der Waals surface area contributed by atoms with Crippen molar-refractivity contribution >= 4 is 45.2 Å². The van der Waals surface area contributed by atoms with Crippen LogP contribution in [0.25, 0.3) is 21.8 Å². The van der Waals surface area contributed by atoms with Gasteiger partial charge >= 0.3 is 0 Å². The predicted molar refractivity (Wildman–Crippen MR) is 155 cm³/mol. The van der Waals surface area contributed by atoms with Gasteiger partial charge in [-0.1, -0.05) is 48.7 Å². The summed E-state index contributed by atoms with van der Waals surface area (Å²) in [7, 11) is 0. The van der Waals surface area contributed by atoms with Crippen molar-refractivity contribution in [2.45, 2.75) is 50.6 Å². The first-order valence-electron chi connectivity index (χ1n) is 14.0. The highest BCUT2D eigenvalue weighted by Crippen LogP contribution is 2.28. The normalized spacial score (nSPS) is 18.0. The van der Waals surface area contributed by atoms with Crippen LogP contribution in [0.4, 0.5) is 0 Å². The fourth-order valence-electron chi connectivity index (χ4n) is 6.13. The summed E-state index contributed by atoms with van der Waals surface area (Å²) in [6.07, 6.45) is 10.9. The molecular formula is C31H34ClN5O2. The van der Waals surface area contributed by atoms with E-state index in [0.717, 1.165) is 53.8 Å². The summed E-state index contributed by atoms with van der Waals surface area (Å²) in [5.74, 6) is -0.110. The van der Waals surface area contributed by atoms with Gasteiger partial charge in [0.15, 0.2) is 0 Å². The van der Waals surface area contributed by atoms with Gasteiger partial charge in [0, 0.05) is 52.4 Å². The molecule has 39 heavy (non-hydrogen) atoms. The topological polar surface area (TPSA) is 90.1 Å². The molecule has 2 aromatic carbocycles. The molecule has 2 aliphatic rings. The monoisotopic (exact) mass is 543 g/mol. The van der Waals surface area contributed by atoms with Crippen LogP contribution >= 0.6 is 11.6 Å². The summed E-state index contributed by atoms with van der Waals surface area (Å²) in [6.45, 7) is 2.81. The first-order valence-corrected chi connectivity index (χ1v) is 14.4. The number of carbonyl (C=O) groups is 2. The lowest BCUT2D eigenvalue weighted by Gasteiger charge is -2.36. The summed E-state index contributed by atoms with van der Waals surface area (Å²) in [5.41, 5.74) is 2.71. The molecule has 1 saturated carbocycles. The van der Waals surface area contributed by atoms with E-state index in [-0.39, 0.29) is 11.8 Å². The van der Waals surface area contributed by atoms with Crippen LogP contribution in [-0.2, 0) is 4.79 Å². The smallest absolute Gasteiger partial charge is 0.252 e. The predicted octanol–water partition coefficient (Wildman–Crippen LogP) is 5.61. The molecule has 2 aromatic heterocycles. The fraction of sp³-hybridized carbons (Fsp3) is 0.387. The number of nitrogens with one attached hydrogen (secondary N) is 3. The minimum Gasteiger partial charge on any atom is -0.360 e. The molecule has 8 heteroatoms. The summed E-state index contributed by atoms with van der Waals surface area (Å²) < 4.78 is 0. The second-order valence-corrected chi connectivity index (χ2v) is 11.3. The van der Waals surface area contributed by atoms with Crippen LogP contribution < -0.4 is 10.6 Å². The summed E-state index contributed by atoms with van der Waals surface area (Å²) in [6, 6.07) is 14.9. The van der Waals surface area contributed by atoms with Crippen LogP contribution in [0.1, 0.15) is 60.5 Å². The Hall–Kier alpha value is -3.42. The molecule has 1 atom stereocenters. The van der Waals surface area contributed by atoms with Crippen molar-refractivity contribution in [3.05, 3.63) is 77.1 Å². The van der Waals surface area contributed by atoms with Gasteiger partial charge in [-0.2, -0.15) is 0 Å². The summed E-state index contributed by atoms with van der Waals surface area (Å²) in [4.78, 5) is 37.2. The maximum absolute atomic E-state index is 13.6. The van der Waals surface area contributed by atoms with Gasteiger partial charge < -0.3 is 20.5 Å². The van der Waals surface area contributed by atoms with Gasteiger partial charge in [-0.3, -0.25) is 14.6 Å². The van der Waals surface area contributed by atoms with E-state index >= 15 is 0 Å². The van der Waals surface area contributed by atoms with Gasteiger partial charge in [-0.25, -0.2) is 0 Å². The molecule has 0 bridgehead atoms. The van der Waals surface area contributed by atoms with E-state index < -0.39 is 6.04 Å². The molecule has 3 N–H and O–H groups in total. The minimum absolute atomic E-state index is 0.220. The molecule has 1 unspecified atom stereocenters. The zero-order valence-corrected chi connectivity index (χ0v) is 22.7. The van der Waals surface area contributed by atoms with Gasteiger partial charge in [-0.05, 0) is 69.0 Å². The lowest BCUT2D eigenvalue weighted by atomic mass is 9.95. The van der Waals surface area contributed by atoms with Crippen LogP contribution in [0, 0.1) is 5.92 Å². The Balaban J connectivity index is 1.17. The molecule has 1 aliphatic carbocycles. The highest BCUT2D eigenvalue weighted by molar-refractivity contribution is 6.35. The quantitative estimate of drug-likeness (QED) is 0.282. The minimum atomic E-state index is -0.865. The van der Waals surface area contributed by atoms with E-state index in [1.165, 1.54) is 25.7 Å². The molecule has 0 radical (unpaired) electrons. The zero-order chi connectivity index (χ0) is 26.8. The molecule has 3 heterocycles. The third kappa shape index (κ3) is 5.65. The van der Waals surface area contributed by atoms with Crippen molar-refractivity contribution in [3.8, 4) is 0 Å². The van der Waals surface area contributed by atoms with E-state index in [0.29, 0.717) is 28.6 Å². The number of aromatic amines is 1. The number of halogens is 1. The Morgan fingerprint density at radius 1 is 1.05 bits per heavy atom. The molecule has 2 amide bonds. The first kappa shape index (κ1) is 25.8. The van der Waals surface area contributed by atoms with E-state index in [1.807, 2.05) is 36.4 Å². The second kappa shape index (κ2) is 11.4. The average Bonchev–Trinajstić information content (AvgIpc) is 3.65. The highest BCUT2D eigenvalue weighted by atomic mass is 35.5. The second-order valence-electron chi connectivity index (χ2n) is 10.9. The van der Waals surface area contributed by atoms with Crippen molar-refractivity contribution in [2.24, 2.45) is 5.92 Å². The lowest BCUT2D eigenvalue weighted by molar-refractivity contribution is -0.123. The van der Waals surface area contributed by atoms with Crippen LogP contribution in [-0.4, -0.2) is 52.4 Å². The number of para-hydroxylation sites is 1. The average molecular weight is 544 g/mol. The number of fused-ring (bicyclic) bond motifs is 2. The number of nitrogens with zero attached hydrogens (tertiary/aromatic N) is 2. The van der Waals surface area contributed by atoms with Crippen molar-refractivity contribution < 1.29 is 9.59 Å². The number of aromatic nitrogens is 2. The third-order valence-electron chi connectivity index (χ3n) is 8.43. The van der Waals surface area contributed by atoms with E-state index in [4.69, 9.17) is 11.6 Å². The summed E-state index contributed by atoms with van der Waals surface area (Å²) >= 11 is 6.20. The number of hydrogen-bond donors (Lipinski definition) is 3. The van der Waals surface area contributed by atoms with Crippen molar-refractivity contribution in [3.63, 3.8) is 0 Å². The number of rotatable bonds is 7. The van der Waals surface area contributed by atoms with Crippen LogP contribution in [0.3, 0.4) is 0 Å². The van der Waals surface area contributed by atoms with Crippen molar-refractivity contribution in [1.29, 1.82) is 0 Å². The molecular weight excluding hydrogens is 510 g/mol. The number of pyridine rings is 1. The van der Waals surface area contributed by atoms with Crippen LogP contribution in [0.15, 0.2) is 60.9 Å². The Bertz CT molecular complexity index is 1490. The molecule has 6 rings (SSSR count). The maximum Gasteiger partial charge on any atom is 0.252 e. The van der Waals surface area contributed by atoms with E-state index in [1.54, 1.807) is 24.5 Å². The van der Waals surface area contributed by atoms with Gasteiger partial charge in [0.1, 0.15) is 6.04 Å². The number of carbonyl (C=O) groups excluding carboxylic acids is 2. The molecule has 4 aromatic rings. The number of hydrogen-bond acceptors (Lipinski definition) is 4. The van der Waals surface area contributed by atoms with Crippen molar-refractivity contribution in [2.75, 3.05) is 19.6 Å². The SMILES string of the molecule is O=C(NC(C(=O)NCC1CCN(C2CCCC2)CC1)c1cnc2ccccc2c1)c1ccc2c(Cl)c[nH]c2c1. The Morgan fingerprint density at radius 3 is 2.67 bits per heavy atom. The number of H-pyrrole nitrogens is 1. The Kier molecular flexibility index (Phi) is 7.53. The van der Waals surface area contributed by atoms with E-state index in [9.17, 15) is 9.59 Å². The fourth-order valence-corrected chi connectivity index (χ4v) is 6.35. The first-order chi connectivity index (χ1) is 19.0. The van der Waals surface area contributed by atoms with Crippen LogP contribution in [0.5, 0.6) is 0 Å². The lowest BCUT2D eigenvalue weighted by Crippen LogP contribution is -2.45. The van der Waals surface area contributed by atoms with Gasteiger partial charge in [0.05, 0.1) is 10.5 Å². The number of piperidine rings is 1. The number of benzene rings is 2. The molecule has 1 aliphatic heterocycles. The zero-order valence-electron chi connectivity index (χ0n) is 22.0. The standard InChI is InChI=1S/C31H34ClN5O2/c32-26-19-34-28-16-22(9-10-25(26)28)30(38)36-29(23-15-21-5-1-4-8-27(21)33-18-23)31(39)35-17-20-11-13-37(14-12-20)24-6-2-3-7-24/h1,4-5,8-10,15-16,18-20,24,29,34H,2-3,6-7,11-14,17H2,(H,35,39)(H,36,38). The third-order valence-corrected chi connectivity index (χ3v) is 8.74. The van der Waals surface area contributed by atoms with Gasteiger partial charge in [-0.15, -0.1) is 0 Å². The van der Waals surface area contributed by atoms with Crippen LogP contribution in [0.2, 0.25) is 5.02 Å². The maximum atomic E-state index is 13.6. The molecule has 1 saturated heterocycles. The number of amides is 2. The van der Waals surface area contributed by atoms with Gasteiger partial charge in [0.25, 0.3) is 5.91 Å². The van der Waals surface area contributed by atoms with Gasteiger partial charge in [0.2, 0.25) is 5.91 Å². The molecule has 7 nitrogen and oxygen atoms in total. The van der Waals surface area contributed by atoms with Crippen molar-refractivity contribution in [1.82, 2.24) is 25.5 Å². The summed E-state index contributed by atoms with van der Waals surface area (Å²) in [5, 5.41) is 8.49. The highest BCUT2D eigenvalue weighted by Gasteiger charge is 2.29. The molecule has 202 valence electrons. The van der Waals surface area contributed by atoms with E-state index in [2.05, 4.69) is 25.5 Å². The molecule has 2 fully saturated rings. The molecule has 0 spiro atoms. The number of likely N-dealkylation sites (tertiary alicyclic amines) is 1. The Morgan fingerprint density at radius 2 is 1.85 bits per heavy atom. The Labute approximate surface area is 233 Å². The largest absolute Gasteiger partial charge is 0.360 e.